The molecule has 0 spiro atoms. The summed E-state index contributed by atoms with van der Waals surface area (Å²) >= 11 is 1.24. The number of anilines is 1. The SMILES string of the molecule is C[C@@H](NC(=O)c1ccc2nc(-c3ccc(F)cc3)cn2c1)c1nnc(N)s1. The maximum Gasteiger partial charge on any atom is 0.253 e. The van der Waals surface area contributed by atoms with Crippen molar-refractivity contribution < 1.29 is 9.18 Å². The van der Waals surface area contributed by atoms with E-state index >= 15 is 0 Å². The lowest BCUT2D eigenvalue weighted by molar-refractivity contribution is 0.0939. The molecule has 27 heavy (non-hydrogen) atoms. The summed E-state index contributed by atoms with van der Waals surface area (Å²) in [7, 11) is 0. The lowest BCUT2D eigenvalue weighted by Crippen LogP contribution is -2.26. The van der Waals surface area contributed by atoms with Crippen molar-refractivity contribution in [2.75, 3.05) is 5.73 Å². The van der Waals surface area contributed by atoms with Crippen molar-refractivity contribution in [3.63, 3.8) is 0 Å². The Hall–Kier alpha value is -3.33. The van der Waals surface area contributed by atoms with E-state index in [4.69, 9.17) is 5.73 Å². The molecule has 136 valence electrons. The largest absolute Gasteiger partial charge is 0.374 e. The summed E-state index contributed by atoms with van der Waals surface area (Å²) < 4.78 is 14.9. The standard InChI is InChI=1S/C18H15FN6OS/c1-10(17-23-24-18(20)27-17)21-16(26)12-4-7-15-22-14(9-25(15)8-12)11-2-5-13(19)6-3-11/h2-10H,1H3,(H2,20,24)(H,21,26)/t10-/m1/s1. The third-order valence-corrected chi connectivity index (χ3v) is 4.96. The average Bonchev–Trinajstić information content (AvgIpc) is 3.27. The molecule has 3 heterocycles. The van der Waals surface area contributed by atoms with Crippen LogP contribution in [-0.2, 0) is 0 Å². The smallest absolute Gasteiger partial charge is 0.253 e. The molecule has 4 rings (SSSR count). The van der Waals surface area contributed by atoms with Crippen LogP contribution in [0, 0.1) is 5.82 Å². The van der Waals surface area contributed by atoms with Crippen LogP contribution in [0.2, 0.25) is 0 Å². The fourth-order valence-corrected chi connectivity index (χ4v) is 3.26. The Balaban J connectivity index is 1.57. The van der Waals surface area contributed by atoms with Gasteiger partial charge < -0.3 is 15.5 Å². The van der Waals surface area contributed by atoms with E-state index in [1.807, 2.05) is 6.92 Å². The zero-order valence-electron chi connectivity index (χ0n) is 14.3. The second-order valence-electron chi connectivity index (χ2n) is 5.99. The predicted molar refractivity (Wildman–Crippen MR) is 101 cm³/mol. The topological polar surface area (TPSA) is 98.2 Å². The Labute approximate surface area is 157 Å². The van der Waals surface area contributed by atoms with Crippen molar-refractivity contribution in [2.24, 2.45) is 0 Å². The van der Waals surface area contributed by atoms with Gasteiger partial charge in [0.15, 0.2) is 0 Å². The number of nitrogens with zero attached hydrogens (tertiary/aromatic N) is 4. The Kier molecular flexibility index (Phi) is 4.28. The van der Waals surface area contributed by atoms with E-state index in [0.717, 1.165) is 5.56 Å². The van der Waals surface area contributed by atoms with Crippen molar-refractivity contribution in [2.45, 2.75) is 13.0 Å². The molecule has 0 radical (unpaired) electrons. The number of carbonyl (C=O) groups is 1. The number of pyridine rings is 1. The summed E-state index contributed by atoms with van der Waals surface area (Å²) in [4.78, 5) is 17.0. The van der Waals surface area contributed by atoms with Gasteiger partial charge in [0.05, 0.1) is 17.3 Å². The summed E-state index contributed by atoms with van der Waals surface area (Å²) in [5.41, 5.74) is 8.25. The summed E-state index contributed by atoms with van der Waals surface area (Å²) in [6.07, 6.45) is 3.50. The quantitative estimate of drug-likeness (QED) is 0.565. The molecule has 0 bridgehead atoms. The molecule has 3 aromatic heterocycles. The molecule has 0 saturated carbocycles. The number of hydrogen-bond donors (Lipinski definition) is 2. The first-order valence-corrected chi connectivity index (χ1v) is 8.96. The third kappa shape index (κ3) is 3.49. The van der Waals surface area contributed by atoms with Crippen molar-refractivity contribution in [3.8, 4) is 11.3 Å². The maximum atomic E-state index is 13.1. The Bertz CT molecular complexity index is 1120. The number of hydrogen-bond acceptors (Lipinski definition) is 6. The predicted octanol–water partition coefficient (Wildman–Crippen LogP) is 3.07. The molecular formula is C18H15FN6OS. The van der Waals surface area contributed by atoms with E-state index in [9.17, 15) is 9.18 Å². The molecule has 4 aromatic rings. The Morgan fingerprint density at radius 3 is 2.67 bits per heavy atom. The van der Waals surface area contributed by atoms with Gasteiger partial charge in [-0.25, -0.2) is 9.37 Å². The number of nitrogens with two attached hydrogens (primary N) is 1. The molecule has 0 aliphatic rings. The molecule has 1 aromatic carbocycles. The molecule has 0 fully saturated rings. The van der Waals surface area contributed by atoms with E-state index < -0.39 is 0 Å². The van der Waals surface area contributed by atoms with Crippen LogP contribution in [-0.4, -0.2) is 25.5 Å². The number of carbonyl (C=O) groups excluding carboxylic acids is 1. The number of imidazole rings is 1. The average molecular weight is 382 g/mol. The van der Waals surface area contributed by atoms with Gasteiger partial charge in [-0.1, -0.05) is 11.3 Å². The zero-order valence-corrected chi connectivity index (χ0v) is 15.1. The highest BCUT2D eigenvalue weighted by atomic mass is 32.1. The first-order valence-electron chi connectivity index (χ1n) is 8.14. The van der Waals surface area contributed by atoms with E-state index in [1.54, 1.807) is 41.1 Å². The molecule has 0 saturated heterocycles. The van der Waals surface area contributed by atoms with Gasteiger partial charge in [-0.3, -0.25) is 4.79 Å². The number of fused-ring (bicyclic) bond motifs is 1. The van der Waals surface area contributed by atoms with Crippen molar-refractivity contribution in [1.82, 2.24) is 24.9 Å². The minimum Gasteiger partial charge on any atom is -0.374 e. The minimum absolute atomic E-state index is 0.241. The van der Waals surface area contributed by atoms with Gasteiger partial charge >= 0.3 is 0 Å². The monoisotopic (exact) mass is 382 g/mol. The molecule has 0 unspecified atom stereocenters. The summed E-state index contributed by atoms with van der Waals surface area (Å²) in [5, 5.41) is 11.6. The van der Waals surface area contributed by atoms with Crippen molar-refractivity contribution in [3.05, 3.63) is 65.2 Å². The molecule has 0 aliphatic heterocycles. The van der Waals surface area contributed by atoms with Gasteiger partial charge in [0.25, 0.3) is 5.91 Å². The van der Waals surface area contributed by atoms with Gasteiger partial charge in [0, 0.05) is 18.0 Å². The first kappa shape index (κ1) is 17.1. The summed E-state index contributed by atoms with van der Waals surface area (Å²) in [6, 6.07) is 9.27. The number of amides is 1. The minimum atomic E-state index is -0.305. The molecule has 9 heteroatoms. The van der Waals surface area contributed by atoms with Gasteiger partial charge in [0.1, 0.15) is 16.5 Å². The van der Waals surface area contributed by atoms with Crippen molar-refractivity contribution >= 4 is 28.0 Å². The number of aromatic nitrogens is 4. The van der Waals surface area contributed by atoms with Gasteiger partial charge in [-0.15, -0.1) is 10.2 Å². The fraction of sp³-hybridized carbons (Fsp3) is 0.111. The van der Waals surface area contributed by atoms with E-state index in [-0.39, 0.29) is 17.8 Å². The second kappa shape index (κ2) is 6.76. The number of nitrogen functional groups attached to an aromatic ring is 1. The molecule has 3 N–H and O–H groups in total. The Morgan fingerprint density at radius 2 is 1.96 bits per heavy atom. The molecular weight excluding hydrogens is 367 g/mol. The molecule has 1 atom stereocenters. The summed E-state index contributed by atoms with van der Waals surface area (Å²) in [5.74, 6) is -0.539. The van der Waals surface area contributed by atoms with Crippen LogP contribution >= 0.6 is 11.3 Å². The van der Waals surface area contributed by atoms with Gasteiger partial charge in [-0.05, 0) is 43.3 Å². The van der Waals surface area contributed by atoms with E-state index in [1.165, 1.54) is 23.5 Å². The fourth-order valence-electron chi connectivity index (χ4n) is 2.65. The molecule has 0 aliphatic carbocycles. The van der Waals surface area contributed by atoms with Crippen LogP contribution in [0.1, 0.15) is 28.3 Å². The van der Waals surface area contributed by atoms with Gasteiger partial charge in [0.2, 0.25) is 5.13 Å². The van der Waals surface area contributed by atoms with E-state index in [2.05, 4.69) is 20.5 Å². The lowest BCUT2D eigenvalue weighted by Gasteiger charge is -2.10. The van der Waals surface area contributed by atoms with Gasteiger partial charge in [-0.2, -0.15) is 0 Å². The Morgan fingerprint density at radius 1 is 1.19 bits per heavy atom. The highest BCUT2D eigenvalue weighted by Crippen LogP contribution is 2.21. The van der Waals surface area contributed by atoms with Crippen LogP contribution in [0.4, 0.5) is 9.52 Å². The van der Waals surface area contributed by atoms with Crippen LogP contribution in [0.3, 0.4) is 0 Å². The number of nitrogens with one attached hydrogen (secondary N) is 1. The van der Waals surface area contributed by atoms with E-state index in [0.29, 0.717) is 27.0 Å². The highest BCUT2D eigenvalue weighted by molar-refractivity contribution is 7.15. The number of halogens is 1. The van der Waals surface area contributed by atoms with Crippen LogP contribution in [0.5, 0.6) is 0 Å². The normalized spacial score (nSPS) is 12.2. The first-order chi connectivity index (χ1) is 13.0. The number of benzene rings is 1. The van der Waals surface area contributed by atoms with Crippen LogP contribution < -0.4 is 11.1 Å². The summed E-state index contributed by atoms with van der Waals surface area (Å²) in [6.45, 7) is 1.82. The highest BCUT2D eigenvalue weighted by Gasteiger charge is 2.16. The van der Waals surface area contributed by atoms with Crippen molar-refractivity contribution in [1.29, 1.82) is 0 Å². The number of rotatable bonds is 4. The zero-order chi connectivity index (χ0) is 19.0. The third-order valence-electron chi connectivity index (χ3n) is 4.03. The molecule has 7 nitrogen and oxygen atoms in total. The second-order valence-corrected chi connectivity index (χ2v) is 7.03. The van der Waals surface area contributed by atoms with Crippen LogP contribution in [0.15, 0.2) is 48.8 Å². The lowest BCUT2D eigenvalue weighted by atomic mass is 10.2. The molecule has 1 amide bonds. The van der Waals surface area contributed by atoms with Crippen LogP contribution in [0.25, 0.3) is 16.9 Å². The maximum absolute atomic E-state index is 13.1.